The molecule has 1 aliphatic rings. The van der Waals surface area contributed by atoms with Crippen molar-refractivity contribution in [1.29, 1.82) is 0 Å². The predicted octanol–water partition coefficient (Wildman–Crippen LogP) is 1.26. The summed E-state index contributed by atoms with van der Waals surface area (Å²) in [5, 5.41) is 3.31. The third kappa shape index (κ3) is 3.82. The van der Waals surface area contributed by atoms with Crippen molar-refractivity contribution in [3.63, 3.8) is 0 Å². The van der Waals surface area contributed by atoms with Gasteiger partial charge in [-0.05, 0) is 32.0 Å². The summed E-state index contributed by atoms with van der Waals surface area (Å²) in [5.74, 6) is 0.709. The molecule has 1 fully saturated rings. The van der Waals surface area contributed by atoms with Crippen molar-refractivity contribution in [3.8, 4) is 5.75 Å². The molecule has 2 rings (SSSR count). The number of carbonyl (C=O) groups excluding carboxylic acids is 2. The summed E-state index contributed by atoms with van der Waals surface area (Å²) in [4.78, 5) is 25.8. The standard InChI is InChI=1S/C16H22N2O3/c1-11-10-18(7-6-17-11)16(20)9-14-8-13(12(2)19)4-5-15(14)21-3/h4-5,8,11,17H,6-7,9-10H2,1-3H3. The van der Waals surface area contributed by atoms with E-state index < -0.39 is 0 Å². The van der Waals surface area contributed by atoms with Crippen LogP contribution in [0.15, 0.2) is 18.2 Å². The number of hydrogen-bond donors (Lipinski definition) is 1. The first-order chi connectivity index (χ1) is 10.0. The van der Waals surface area contributed by atoms with Gasteiger partial charge < -0.3 is 15.0 Å². The fourth-order valence-electron chi connectivity index (χ4n) is 2.57. The van der Waals surface area contributed by atoms with Gasteiger partial charge in [0.25, 0.3) is 0 Å². The Kier molecular flexibility index (Phi) is 4.96. The number of benzene rings is 1. The Morgan fingerprint density at radius 1 is 1.43 bits per heavy atom. The van der Waals surface area contributed by atoms with Crippen molar-refractivity contribution in [1.82, 2.24) is 10.2 Å². The summed E-state index contributed by atoms with van der Waals surface area (Å²) in [7, 11) is 1.57. The summed E-state index contributed by atoms with van der Waals surface area (Å²) >= 11 is 0. The highest BCUT2D eigenvalue weighted by Crippen LogP contribution is 2.21. The number of amides is 1. The van der Waals surface area contributed by atoms with Crippen molar-refractivity contribution in [2.75, 3.05) is 26.7 Å². The first-order valence-corrected chi connectivity index (χ1v) is 7.20. The van der Waals surface area contributed by atoms with Crippen molar-refractivity contribution in [3.05, 3.63) is 29.3 Å². The van der Waals surface area contributed by atoms with Crippen molar-refractivity contribution < 1.29 is 14.3 Å². The summed E-state index contributed by atoms with van der Waals surface area (Å²) in [6, 6.07) is 5.54. The predicted molar refractivity (Wildman–Crippen MR) is 80.7 cm³/mol. The number of rotatable bonds is 4. The van der Waals surface area contributed by atoms with Crippen LogP contribution in [-0.4, -0.2) is 49.4 Å². The van der Waals surface area contributed by atoms with Crippen LogP contribution in [0, 0.1) is 0 Å². The second-order valence-corrected chi connectivity index (χ2v) is 5.45. The van der Waals surface area contributed by atoms with E-state index >= 15 is 0 Å². The molecule has 1 heterocycles. The molecule has 1 saturated heterocycles. The fraction of sp³-hybridized carbons (Fsp3) is 0.500. The Hall–Kier alpha value is -1.88. The van der Waals surface area contributed by atoms with Crippen LogP contribution >= 0.6 is 0 Å². The molecule has 0 radical (unpaired) electrons. The minimum atomic E-state index is -0.0119. The molecule has 0 bridgehead atoms. The van der Waals surface area contributed by atoms with Gasteiger partial charge in [0.1, 0.15) is 5.75 Å². The third-order valence-corrected chi connectivity index (χ3v) is 3.75. The van der Waals surface area contributed by atoms with Crippen molar-refractivity contribution >= 4 is 11.7 Å². The maximum absolute atomic E-state index is 12.4. The van der Waals surface area contributed by atoms with Gasteiger partial charge >= 0.3 is 0 Å². The molecule has 1 N–H and O–H groups in total. The molecule has 1 unspecified atom stereocenters. The molecular weight excluding hydrogens is 268 g/mol. The molecule has 1 atom stereocenters. The molecule has 0 aliphatic carbocycles. The van der Waals surface area contributed by atoms with E-state index in [4.69, 9.17) is 4.74 Å². The van der Waals surface area contributed by atoms with Crippen LogP contribution in [0.25, 0.3) is 0 Å². The number of nitrogens with one attached hydrogen (secondary N) is 1. The van der Waals surface area contributed by atoms with Gasteiger partial charge in [0, 0.05) is 36.8 Å². The van der Waals surface area contributed by atoms with E-state index in [-0.39, 0.29) is 18.1 Å². The van der Waals surface area contributed by atoms with Gasteiger partial charge in [-0.15, -0.1) is 0 Å². The number of piperazine rings is 1. The average molecular weight is 290 g/mol. The van der Waals surface area contributed by atoms with Crippen molar-refractivity contribution in [2.45, 2.75) is 26.3 Å². The van der Waals surface area contributed by atoms with Crippen LogP contribution in [0.2, 0.25) is 0 Å². The normalized spacial score (nSPS) is 18.4. The fourth-order valence-corrected chi connectivity index (χ4v) is 2.57. The lowest BCUT2D eigenvalue weighted by Gasteiger charge is -2.32. The number of hydrogen-bond acceptors (Lipinski definition) is 4. The van der Waals surface area contributed by atoms with E-state index in [9.17, 15) is 9.59 Å². The number of methoxy groups -OCH3 is 1. The van der Waals surface area contributed by atoms with E-state index in [1.54, 1.807) is 25.3 Å². The molecule has 114 valence electrons. The lowest BCUT2D eigenvalue weighted by atomic mass is 10.0. The Balaban J connectivity index is 2.15. The Morgan fingerprint density at radius 3 is 2.81 bits per heavy atom. The summed E-state index contributed by atoms with van der Waals surface area (Å²) in [5.41, 5.74) is 1.37. The number of ketones is 1. The second kappa shape index (κ2) is 6.72. The lowest BCUT2D eigenvalue weighted by molar-refractivity contribution is -0.131. The maximum Gasteiger partial charge on any atom is 0.227 e. The number of carbonyl (C=O) groups is 2. The molecule has 5 heteroatoms. The van der Waals surface area contributed by atoms with Crippen molar-refractivity contribution in [2.24, 2.45) is 0 Å². The minimum Gasteiger partial charge on any atom is -0.496 e. The highest BCUT2D eigenvalue weighted by atomic mass is 16.5. The molecule has 0 aromatic heterocycles. The van der Waals surface area contributed by atoms with Gasteiger partial charge in [0.2, 0.25) is 5.91 Å². The first kappa shape index (κ1) is 15.5. The Labute approximate surface area is 125 Å². The molecular formula is C16H22N2O3. The quantitative estimate of drug-likeness (QED) is 0.848. The zero-order valence-corrected chi connectivity index (χ0v) is 12.8. The number of Topliss-reactive ketones (excluding diaryl/α,β-unsaturated/α-hetero) is 1. The largest absolute Gasteiger partial charge is 0.496 e. The van der Waals surface area contributed by atoms with E-state index in [1.165, 1.54) is 6.92 Å². The SMILES string of the molecule is COc1ccc(C(C)=O)cc1CC(=O)N1CCNC(C)C1. The molecule has 21 heavy (non-hydrogen) atoms. The van der Waals surface area contributed by atoms with Crippen LogP contribution in [0.3, 0.4) is 0 Å². The van der Waals surface area contributed by atoms with Gasteiger partial charge in [-0.3, -0.25) is 9.59 Å². The smallest absolute Gasteiger partial charge is 0.227 e. The second-order valence-electron chi connectivity index (χ2n) is 5.45. The zero-order valence-electron chi connectivity index (χ0n) is 12.8. The topological polar surface area (TPSA) is 58.6 Å². The van der Waals surface area contributed by atoms with E-state index in [0.29, 0.717) is 23.9 Å². The van der Waals surface area contributed by atoms with Gasteiger partial charge in [0.15, 0.2) is 5.78 Å². The summed E-state index contributed by atoms with van der Waals surface area (Å²) in [6.07, 6.45) is 0.261. The Bertz CT molecular complexity index is 542. The average Bonchev–Trinajstić information content (AvgIpc) is 2.47. The zero-order chi connectivity index (χ0) is 15.4. The lowest BCUT2D eigenvalue weighted by Crippen LogP contribution is -2.51. The first-order valence-electron chi connectivity index (χ1n) is 7.20. The van der Waals surface area contributed by atoms with Crippen LogP contribution < -0.4 is 10.1 Å². The highest BCUT2D eigenvalue weighted by molar-refractivity contribution is 5.94. The molecule has 0 saturated carbocycles. The van der Waals surface area contributed by atoms with E-state index in [0.717, 1.165) is 18.7 Å². The maximum atomic E-state index is 12.4. The molecule has 1 amide bonds. The highest BCUT2D eigenvalue weighted by Gasteiger charge is 2.21. The minimum absolute atomic E-state index is 0.0119. The molecule has 1 aliphatic heterocycles. The van der Waals surface area contributed by atoms with Crippen LogP contribution in [0.5, 0.6) is 5.75 Å². The molecule has 0 spiro atoms. The Morgan fingerprint density at radius 2 is 2.19 bits per heavy atom. The van der Waals surface area contributed by atoms with Crippen LogP contribution in [0.1, 0.15) is 29.8 Å². The van der Waals surface area contributed by atoms with Gasteiger partial charge in [-0.25, -0.2) is 0 Å². The van der Waals surface area contributed by atoms with E-state index in [1.807, 2.05) is 4.90 Å². The number of ether oxygens (including phenoxy) is 1. The molecule has 5 nitrogen and oxygen atoms in total. The monoisotopic (exact) mass is 290 g/mol. The summed E-state index contributed by atoms with van der Waals surface area (Å²) in [6.45, 7) is 5.84. The number of nitrogens with zero attached hydrogens (tertiary/aromatic N) is 1. The molecule has 1 aromatic rings. The van der Waals surface area contributed by atoms with E-state index in [2.05, 4.69) is 12.2 Å². The van der Waals surface area contributed by atoms with Crippen LogP contribution in [-0.2, 0) is 11.2 Å². The van der Waals surface area contributed by atoms with Crippen LogP contribution in [0.4, 0.5) is 0 Å². The molecule has 1 aromatic carbocycles. The third-order valence-electron chi connectivity index (χ3n) is 3.75. The summed E-state index contributed by atoms with van der Waals surface area (Å²) < 4.78 is 5.30. The van der Waals surface area contributed by atoms with Gasteiger partial charge in [0.05, 0.1) is 13.5 Å². The van der Waals surface area contributed by atoms with Gasteiger partial charge in [-0.2, -0.15) is 0 Å². The van der Waals surface area contributed by atoms with Gasteiger partial charge in [-0.1, -0.05) is 0 Å².